The number of halogens is 1. The Morgan fingerprint density at radius 1 is 1.25 bits per heavy atom. The topological polar surface area (TPSA) is 82.8 Å². The van der Waals surface area contributed by atoms with Crippen LogP contribution >= 0.6 is 0 Å². The number of nitrogens with two attached hydrogens (primary N) is 1. The monoisotopic (exact) mass is 392 g/mol. The third-order valence-corrected chi connectivity index (χ3v) is 4.79. The van der Waals surface area contributed by atoms with Gasteiger partial charge in [0.15, 0.2) is 5.82 Å². The molecule has 1 aromatic carbocycles. The lowest BCUT2D eigenvalue weighted by Crippen LogP contribution is -2.41. The first-order valence-electron chi connectivity index (χ1n) is 9.29. The fraction of sp³-hybridized carbons (Fsp3) is 0.550. The minimum absolute atomic E-state index is 0.0436. The molecule has 1 aliphatic heterocycles. The van der Waals surface area contributed by atoms with Crippen LogP contribution in [0.25, 0.3) is 6.08 Å². The van der Waals surface area contributed by atoms with E-state index in [9.17, 15) is 9.18 Å². The van der Waals surface area contributed by atoms with Crippen molar-refractivity contribution < 1.29 is 23.2 Å². The quantitative estimate of drug-likeness (QED) is 0.599. The molecule has 0 aliphatic carbocycles. The molecule has 8 heteroatoms. The summed E-state index contributed by atoms with van der Waals surface area (Å²) in [4.78, 5) is 12.1. The zero-order valence-electron chi connectivity index (χ0n) is 17.7. The van der Waals surface area contributed by atoms with Crippen LogP contribution in [0.15, 0.2) is 23.7 Å². The standard InChI is InChI=1S/C20H30BFN2O4/c1-18(2,3)26-17(25)24-12-14(11-13-9-8-10-15(23)16(13)22)21-27-19(4,5)20(6,7)28-21/h8-11H,12,23H2,1-7H3,(H,24,25). The summed E-state index contributed by atoms with van der Waals surface area (Å²) in [5.41, 5.74) is 4.78. The Balaban J connectivity index is 2.30. The van der Waals surface area contributed by atoms with Crippen molar-refractivity contribution in [2.45, 2.75) is 65.3 Å². The lowest BCUT2D eigenvalue weighted by Gasteiger charge is -2.32. The van der Waals surface area contributed by atoms with E-state index in [0.717, 1.165) is 0 Å². The molecule has 0 atom stereocenters. The molecule has 0 unspecified atom stereocenters. The van der Waals surface area contributed by atoms with E-state index in [-0.39, 0.29) is 17.8 Å². The van der Waals surface area contributed by atoms with Crippen LogP contribution in [0.3, 0.4) is 0 Å². The highest BCUT2D eigenvalue weighted by molar-refractivity contribution is 6.56. The Kier molecular flexibility index (Phi) is 6.16. The van der Waals surface area contributed by atoms with Gasteiger partial charge in [-0.1, -0.05) is 18.2 Å². The van der Waals surface area contributed by atoms with Gasteiger partial charge >= 0.3 is 13.2 Å². The summed E-state index contributed by atoms with van der Waals surface area (Å²) in [6, 6.07) is 4.75. The van der Waals surface area contributed by atoms with E-state index in [4.69, 9.17) is 19.8 Å². The second-order valence-corrected chi connectivity index (χ2v) is 8.91. The third kappa shape index (κ3) is 5.26. The number of carbonyl (C=O) groups excluding carboxylic acids is 1. The van der Waals surface area contributed by atoms with Gasteiger partial charge in [0, 0.05) is 12.1 Å². The second kappa shape index (κ2) is 7.76. The lowest BCUT2D eigenvalue weighted by atomic mass is 9.77. The normalized spacial score (nSPS) is 18.9. The molecule has 3 N–H and O–H groups in total. The molecule has 1 fully saturated rings. The largest absolute Gasteiger partial charge is 0.492 e. The Labute approximate surface area is 166 Å². The minimum atomic E-state index is -0.749. The van der Waals surface area contributed by atoms with Gasteiger partial charge in [-0.05, 0) is 60.0 Å². The van der Waals surface area contributed by atoms with E-state index in [1.54, 1.807) is 39.0 Å². The first-order valence-corrected chi connectivity index (χ1v) is 9.29. The molecule has 1 aromatic rings. The first kappa shape index (κ1) is 22.2. The molecule has 0 radical (unpaired) electrons. The molecule has 6 nitrogen and oxygen atoms in total. The van der Waals surface area contributed by atoms with E-state index >= 15 is 0 Å². The maximum absolute atomic E-state index is 14.4. The van der Waals surface area contributed by atoms with Crippen LogP contribution in [0.5, 0.6) is 0 Å². The Morgan fingerprint density at radius 3 is 2.36 bits per heavy atom. The van der Waals surface area contributed by atoms with Crippen molar-refractivity contribution in [3.63, 3.8) is 0 Å². The van der Waals surface area contributed by atoms with Gasteiger partial charge in [-0.3, -0.25) is 0 Å². The van der Waals surface area contributed by atoms with Crippen LogP contribution in [0, 0.1) is 5.82 Å². The molecule has 0 spiro atoms. The number of anilines is 1. The highest BCUT2D eigenvalue weighted by Gasteiger charge is 2.52. The molecule has 154 valence electrons. The van der Waals surface area contributed by atoms with E-state index in [1.807, 2.05) is 27.7 Å². The van der Waals surface area contributed by atoms with Gasteiger partial charge in [-0.15, -0.1) is 0 Å². The zero-order chi connectivity index (χ0) is 21.3. The van der Waals surface area contributed by atoms with Crippen LogP contribution in [-0.4, -0.2) is 36.6 Å². The predicted molar refractivity (Wildman–Crippen MR) is 109 cm³/mol. The average Bonchev–Trinajstić information content (AvgIpc) is 2.74. The predicted octanol–water partition coefficient (Wildman–Crippen LogP) is 3.95. The summed E-state index contributed by atoms with van der Waals surface area (Å²) < 4.78 is 31.8. The van der Waals surface area contributed by atoms with Crippen LogP contribution in [0.1, 0.15) is 54.0 Å². The summed E-state index contributed by atoms with van der Waals surface area (Å²) in [7, 11) is -0.749. The Bertz CT molecular complexity index is 756. The molecule has 1 heterocycles. The van der Waals surface area contributed by atoms with E-state index < -0.39 is 35.8 Å². The van der Waals surface area contributed by atoms with Crippen molar-refractivity contribution in [1.29, 1.82) is 0 Å². The van der Waals surface area contributed by atoms with Crippen molar-refractivity contribution in [3.05, 3.63) is 35.1 Å². The van der Waals surface area contributed by atoms with Crippen LogP contribution < -0.4 is 11.1 Å². The number of ether oxygens (including phenoxy) is 1. The number of alkyl carbamates (subject to hydrolysis) is 1. The Hall–Kier alpha value is -2.06. The van der Waals surface area contributed by atoms with Gasteiger partial charge in [0.25, 0.3) is 0 Å². The van der Waals surface area contributed by atoms with Gasteiger partial charge in [-0.2, -0.15) is 0 Å². The van der Waals surface area contributed by atoms with Crippen molar-refractivity contribution >= 4 is 25.0 Å². The lowest BCUT2D eigenvalue weighted by molar-refractivity contribution is 0.00578. The van der Waals surface area contributed by atoms with Gasteiger partial charge < -0.3 is 25.1 Å². The number of carbonyl (C=O) groups is 1. The molecule has 1 saturated heterocycles. The van der Waals surface area contributed by atoms with Crippen molar-refractivity contribution in [3.8, 4) is 0 Å². The minimum Gasteiger partial charge on any atom is -0.444 e. The number of amides is 1. The van der Waals surface area contributed by atoms with Gasteiger partial charge in [0.2, 0.25) is 0 Å². The molecular weight excluding hydrogens is 362 g/mol. The molecule has 1 aliphatic rings. The maximum atomic E-state index is 14.4. The van der Waals surface area contributed by atoms with Crippen LogP contribution in [-0.2, 0) is 14.0 Å². The summed E-state index contributed by atoms with van der Waals surface area (Å²) in [6.07, 6.45) is 1.01. The van der Waals surface area contributed by atoms with E-state index in [0.29, 0.717) is 5.47 Å². The van der Waals surface area contributed by atoms with Crippen molar-refractivity contribution in [2.75, 3.05) is 12.3 Å². The highest BCUT2D eigenvalue weighted by atomic mass is 19.1. The molecule has 0 aromatic heterocycles. The summed E-state index contributed by atoms with van der Waals surface area (Å²) in [6.45, 7) is 13.1. The number of rotatable bonds is 4. The molecule has 28 heavy (non-hydrogen) atoms. The number of nitrogens with one attached hydrogen (secondary N) is 1. The smallest absolute Gasteiger partial charge is 0.444 e. The van der Waals surface area contributed by atoms with Gasteiger partial charge in [-0.25, -0.2) is 9.18 Å². The van der Waals surface area contributed by atoms with E-state index in [1.165, 1.54) is 6.07 Å². The molecule has 0 saturated carbocycles. The molecular formula is C20H30BFN2O4. The third-order valence-electron chi connectivity index (χ3n) is 4.79. The maximum Gasteiger partial charge on any atom is 0.492 e. The van der Waals surface area contributed by atoms with E-state index in [2.05, 4.69) is 5.32 Å². The molecule has 0 bridgehead atoms. The average molecular weight is 392 g/mol. The second-order valence-electron chi connectivity index (χ2n) is 8.91. The molecule has 2 rings (SSSR count). The van der Waals surface area contributed by atoms with Crippen molar-refractivity contribution in [2.24, 2.45) is 0 Å². The number of hydrogen-bond acceptors (Lipinski definition) is 5. The summed E-state index contributed by atoms with van der Waals surface area (Å²) in [5, 5.41) is 2.68. The van der Waals surface area contributed by atoms with Crippen molar-refractivity contribution in [1.82, 2.24) is 5.32 Å². The number of benzene rings is 1. The zero-order valence-corrected chi connectivity index (χ0v) is 17.7. The first-order chi connectivity index (χ1) is 12.7. The fourth-order valence-corrected chi connectivity index (χ4v) is 2.56. The highest BCUT2D eigenvalue weighted by Crippen LogP contribution is 2.39. The number of nitrogen functional groups attached to an aromatic ring is 1. The summed E-state index contributed by atoms with van der Waals surface area (Å²) >= 11 is 0. The molecule has 1 amide bonds. The van der Waals surface area contributed by atoms with Gasteiger partial charge in [0.05, 0.1) is 16.9 Å². The van der Waals surface area contributed by atoms with Crippen LogP contribution in [0.2, 0.25) is 0 Å². The Morgan fingerprint density at radius 2 is 1.82 bits per heavy atom. The van der Waals surface area contributed by atoms with Crippen LogP contribution in [0.4, 0.5) is 14.9 Å². The summed E-state index contributed by atoms with van der Waals surface area (Å²) in [5.74, 6) is -0.534. The van der Waals surface area contributed by atoms with Gasteiger partial charge in [0.1, 0.15) is 5.60 Å². The number of hydrogen-bond donors (Lipinski definition) is 2. The SMILES string of the molecule is CC(C)(C)OC(=O)NCC(=Cc1cccc(N)c1F)B1OC(C)(C)C(C)(C)O1. The fourth-order valence-electron chi connectivity index (χ4n) is 2.56.